The highest BCUT2D eigenvalue weighted by Gasteiger charge is 2.28. The molecule has 0 saturated carbocycles. The molecule has 2 aromatic carbocycles. The van der Waals surface area contributed by atoms with Crippen LogP contribution in [-0.4, -0.2) is 49.9 Å². The molecule has 154 valence electrons. The van der Waals surface area contributed by atoms with Crippen LogP contribution in [0.2, 0.25) is 0 Å². The van der Waals surface area contributed by atoms with Gasteiger partial charge in [0.25, 0.3) is 5.91 Å². The maximum absolute atomic E-state index is 12.7. The van der Waals surface area contributed by atoms with Crippen LogP contribution in [0.4, 0.5) is 5.69 Å². The lowest BCUT2D eigenvalue weighted by Crippen LogP contribution is -2.43. The number of nitrogens with zero attached hydrogens (tertiary/aromatic N) is 2. The first-order valence-electron chi connectivity index (χ1n) is 10.4. The summed E-state index contributed by atoms with van der Waals surface area (Å²) in [4.78, 5) is 29.3. The molecule has 5 heteroatoms. The van der Waals surface area contributed by atoms with Crippen molar-refractivity contribution < 1.29 is 9.59 Å². The molecule has 5 nitrogen and oxygen atoms in total. The lowest BCUT2D eigenvalue weighted by molar-refractivity contribution is -0.126. The van der Waals surface area contributed by atoms with Gasteiger partial charge in [-0.15, -0.1) is 0 Å². The zero-order valence-electron chi connectivity index (χ0n) is 17.4. The average molecular weight is 394 g/mol. The number of likely N-dealkylation sites (tertiary alicyclic amines) is 1. The van der Waals surface area contributed by atoms with Crippen LogP contribution in [0.5, 0.6) is 0 Å². The van der Waals surface area contributed by atoms with Crippen molar-refractivity contribution in [2.24, 2.45) is 5.92 Å². The maximum Gasteiger partial charge on any atom is 0.254 e. The third kappa shape index (κ3) is 5.59. The van der Waals surface area contributed by atoms with E-state index in [1.165, 1.54) is 5.69 Å². The van der Waals surface area contributed by atoms with Gasteiger partial charge in [-0.3, -0.25) is 9.59 Å². The summed E-state index contributed by atoms with van der Waals surface area (Å²) >= 11 is 0. The highest BCUT2D eigenvalue weighted by Crippen LogP contribution is 2.20. The summed E-state index contributed by atoms with van der Waals surface area (Å²) in [6, 6.07) is 17.9. The molecule has 0 aliphatic carbocycles. The van der Waals surface area contributed by atoms with Gasteiger partial charge in [-0.05, 0) is 49.9 Å². The second kappa shape index (κ2) is 10.1. The summed E-state index contributed by atoms with van der Waals surface area (Å²) in [6.07, 6.45) is 2.36. The molecule has 0 atom stereocenters. The van der Waals surface area contributed by atoms with Crippen molar-refractivity contribution in [2.45, 2.75) is 26.2 Å². The first-order valence-corrected chi connectivity index (χ1v) is 10.4. The fourth-order valence-electron chi connectivity index (χ4n) is 3.81. The molecule has 2 aromatic rings. The lowest BCUT2D eigenvalue weighted by atomic mass is 9.95. The van der Waals surface area contributed by atoms with E-state index in [1.807, 2.05) is 54.3 Å². The zero-order valence-corrected chi connectivity index (χ0v) is 17.4. The quantitative estimate of drug-likeness (QED) is 0.733. The first kappa shape index (κ1) is 20.9. The van der Waals surface area contributed by atoms with Crippen LogP contribution in [-0.2, 0) is 4.79 Å². The molecule has 1 heterocycles. The molecule has 1 aliphatic rings. The Morgan fingerprint density at radius 2 is 1.69 bits per heavy atom. The monoisotopic (exact) mass is 393 g/mol. The Labute approximate surface area is 173 Å². The normalized spacial score (nSPS) is 14.5. The van der Waals surface area contributed by atoms with Crippen LogP contribution in [0.15, 0.2) is 54.6 Å². The summed E-state index contributed by atoms with van der Waals surface area (Å²) in [5, 5.41) is 3.08. The predicted octanol–water partition coefficient (Wildman–Crippen LogP) is 3.49. The minimum Gasteiger partial charge on any atom is -0.375 e. The molecule has 1 saturated heterocycles. The molecular weight excluding hydrogens is 362 g/mol. The molecule has 29 heavy (non-hydrogen) atoms. The fourth-order valence-corrected chi connectivity index (χ4v) is 3.81. The maximum atomic E-state index is 12.7. The number of hydrogen-bond acceptors (Lipinski definition) is 3. The molecule has 3 rings (SSSR count). The number of para-hydroxylation sites is 1. The highest BCUT2D eigenvalue weighted by atomic mass is 16.2. The van der Waals surface area contributed by atoms with E-state index in [0.717, 1.165) is 36.9 Å². The van der Waals surface area contributed by atoms with Crippen molar-refractivity contribution in [3.05, 3.63) is 65.7 Å². The number of piperidine rings is 1. The van der Waals surface area contributed by atoms with Crippen LogP contribution in [0, 0.1) is 12.8 Å². The highest BCUT2D eigenvalue weighted by molar-refractivity contribution is 5.95. The third-order valence-corrected chi connectivity index (χ3v) is 5.69. The Bertz CT molecular complexity index is 814. The van der Waals surface area contributed by atoms with Gasteiger partial charge in [-0.2, -0.15) is 0 Å². The summed E-state index contributed by atoms with van der Waals surface area (Å²) in [5.74, 6) is 0.198. The number of hydrogen-bond donors (Lipinski definition) is 1. The van der Waals surface area contributed by atoms with Gasteiger partial charge < -0.3 is 15.1 Å². The van der Waals surface area contributed by atoms with E-state index in [-0.39, 0.29) is 17.7 Å². The lowest BCUT2D eigenvalue weighted by Gasteiger charge is -2.31. The minimum absolute atomic E-state index is 0.00257. The molecule has 0 spiro atoms. The van der Waals surface area contributed by atoms with Crippen LogP contribution in [0.3, 0.4) is 0 Å². The van der Waals surface area contributed by atoms with E-state index in [2.05, 4.69) is 29.4 Å². The number of anilines is 1. The van der Waals surface area contributed by atoms with Crippen LogP contribution in [0.1, 0.15) is 35.2 Å². The van der Waals surface area contributed by atoms with Crippen molar-refractivity contribution in [2.75, 3.05) is 38.1 Å². The molecule has 1 aliphatic heterocycles. The summed E-state index contributed by atoms with van der Waals surface area (Å²) in [5.41, 5.74) is 2.94. The summed E-state index contributed by atoms with van der Waals surface area (Å²) in [6.45, 7) is 4.82. The van der Waals surface area contributed by atoms with Gasteiger partial charge >= 0.3 is 0 Å². The predicted molar refractivity (Wildman–Crippen MR) is 117 cm³/mol. The van der Waals surface area contributed by atoms with E-state index in [4.69, 9.17) is 0 Å². The SMILES string of the molecule is Cc1ccccc1C(=O)N1CCC(C(=O)NCCCN(C)c2ccccc2)CC1. The molecule has 0 radical (unpaired) electrons. The van der Waals surface area contributed by atoms with Gasteiger partial charge in [0, 0.05) is 50.4 Å². The second-order valence-electron chi connectivity index (χ2n) is 7.78. The van der Waals surface area contributed by atoms with Gasteiger partial charge in [0.15, 0.2) is 0 Å². The number of amides is 2. The number of carbonyl (C=O) groups is 2. The van der Waals surface area contributed by atoms with Crippen molar-refractivity contribution in [1.29, 1.82) is 0 Å². The topological polar surface area (TPSA) is 52.7 Å². The first-order chi connectivity index (χ1) is 14.1. The van der Waals surface area contributed by atoms with Crippen molar-refractivity contribution in [1.82, 2.24) is 10.2 Å². The molecular formula is C24H31N3O2. The number of rotatable bonds is 7. The second-order valence-corrected chi connectivity index (χ2v) is 7.78. The van der Waals surface area contributed by atoms with E-state index < -0.39 is 0 Å². The molecule has 0 unspecified atom stereocenters. The summed E-state index contributed by atoms with van der Waals surface area (Å²) < 4.78 is 0. The standard InChI is InChI=1S/C24H31N3O2/c1-19-9-6-7-12-22(19)24(29)27-17-13-20(14-18-27)23(28)25-15-8-16-26(2)21-10-4-3-5-11-21/h3-7,9-12,20H,8,13-18H2,1-2H3,(H,25,28). The van der Waals surface area contributed by atoms with Crippen LogP contribution < -0.4 is 10.2 Å². The van der Waals surface area contributed by atoms with Crippen molar-refractivity contribution in [3.8, 4) is 0 Å². The minimum atomic E-state index is 0.00257. The van der Waals surface area contributed by atoms with E-state index in [1.54, 1.807) is 0 Å². The molecule has 1 fully saturated rings. The molecule has 0 aromatic heterocycles. The van der Waals surface area contributed by atoms with Gasteiger partial charge in [0.05, 0.1) is 0 Å². The number of benzene rings is 2. The molecule has 1 N–H and O–H groups in total. The van der Waals surface area contributed by atoms with E-state index >= 15 is 0 Å². The zero-order chi connectivity index (χ0) is 20.6. The van der Waals surface area contributed by atoms with Crippen molar-refractivity contribution in [3.63, 3.8) is 0 Å². The molecule has 0 bridgehead atoms. The number of carbonyl (C=O) groups excluding carboxylic acids is 2. The number of nitrogens with one attached hydrogen (secondary N) is 1. The largest absolute Gasteiger partial charge is 0.375 e. The van der Waals surface area contributed by atoms with Gasteiger partial charge in [-0.25, -0.2) is 0 Å². The Morgan fingerprint density at radius 3 is 2.38 bits per heavy atom. The van der Waals surface area contributed by atoms with Crippen molar-refractivity contribution >= 4 is 17.5 Å². The van der Waals surface area contributed by atoms with E-state index in [0.29, 0.717) is 19.6 Å². The van der Waals surface area contributed by atoms with Gasteiger partial charge in [0.1, 0.15) is 0 Å². The number of aryl methyl sites for hydroxylation is 1. The Balaban J connectivity index is 1.38. The van der Waals surface area contributed by atoms with Gasteiger partial charge in [0.2, 0.25) is 5.91 Å². The van der Waals surface area contributed by atoms with Gasteiger partial charge in [-0.1, -0.05) is 36.4 Å². The average Bonchev–Trinajstić information content (AvgIpc) is 2.77. The summed E-state index contributed by atoms with van der Waals surface area (Å²) in [7, 11) is 2.07. The molecule has 2 amide bonds. The van der Waals surface area contributed by atoms with Crippen LogP contribution in [0.25, 0.3) is 0 Å². The Hall–Kier alpha value is -2.82. The fraction of sp³-hybridized carbons (Fsp3) is 0.417. The smallest absolute Gasteiger partial charge is 0.254 e. The Kier molecular flexibility index (Phi) is 7.28. The van der Waals surface area contributed by atoms with E-state index in [9.17, 15) is 9.59 Å². The third-order valence-electron chi connectivity index (χ3n) is 5.69. The van der Waals surface area contributed by atoms with Crippen LogP contribution >= 0.6 is 0 Å². The Morgan fingerprint density at radius 1 is 1.03 bits per heavy atom.